The summed E-state index contributed by atoms with van der Waals surface area (Å²) in [6, 6.07) is 24.7. The van der Waals surface area contributed by atoms with Gasteiger partial charge in [0.2, 0.25) is 5.95 Å². The van der Waals surface area contributed by atoms with E-state index in [9.17, 15) is 10.1 Å². The maximum atomic E-state index is 14.1. The van der Waals surface area contributed by atoms with Gasteiger partial charge in [-0.25, -0.2) is 9.97 Å². The Kier molecular flexibility index (Phi) is 5.88. The number of nitrogens with zero attached hydrogens (tertiary/aromatic N) is 5. The summed E-state index contributed by atoms with van der Waals surface area (Å²) in [5.41, 5.74) is 9.98. The Morgan fingerprint density at radius 2 is 1.75 bits per heavy atom. The van der Waals surface area contributed by atoms with Crippen molar-refractivity contribution in [1.29, 1.82) is 5.26 Å². The van der Waals surface area contributed by atoms with E-state index < -0.39 is 6.04 Å². The lowest BCUT2D eigenvalue weighted by molar-refractivity contribution is 0.731. The summed E-state index contributed by atoms with van der Waals surface area (Å²) in [6.07, 6.45) is 1.36. The standard InChI is InChI=1S/C28H23N7O/c1-17-11-13-19(14-12-17)22-9-6-10-23-24(22)27(36)35(21-7-4-3-5-8-21)26(33-23)18(2)32-25-20(15-29)16-31-28(30)34-25/h3-14,16,18H,1-2H3,(H3,30,31,32,34). The van der Waals surface area contributed by atoms with Gasteiger partial charge in [0.15, 0.2) is 0 Å². The highest BCUT2D eigenvalue weighted by Gasteiger charge is 2.21. The van der Waals surface area contributed by atoms with Gasteiger partial charge in [0.1, 0.15) is 23.3 Å². The van der Waals surface area contributed by atoms with Crippen LogP contribution >= 0.6 is 0 Å². The van der Waals surface area contributed by atoms with Crippen molar-refractivity contribution in [3.8, 4) is 22.9 Å². The normalized spacial score (nSPS) is 11.7. The van der Waals surface area contributed by atoms with E-state index in [-0.39, 0.29) is 22.9 Å². The van der Waals surface area contributed by atoms with Crippen molar-refractivity contribution in [2.75, 3.05) is 11.1 Å². The van der Waals surface area contributed by atoms with Crippen LogP contribution < -0.4 is 16.6 Å². The molecule has 2 aromatic heterocycles. The molecular weight excluding hydrogens is 450 g/mol. The van der Waals surface area contributed by atoms with Crippen LogP contribution in [-0.2, 0) is 0 Å². The quantitative estimate of drug-likeness (QED) is 0.377. The van der Waals surface area contributed by atoms with Gasteiger partial charge in [-0.2, -0.15) is 10.2 Å². The number of anilines is 2. The summed E-state index contributed by atoms with van der Waals surface area (Å²) in [6.45, 7) is 3.89. The van der Waals surface area contributed by atoms with Crippen molar-refractivity contribution in [2.24, 2.45) is 0 Å². The van der Waals surface area contributed by atoms with Crippen LogP contribution in [0.4, 0.5) is 11.8 Å². The molecule has 36 heavy (non-hydrogen) atoms. The molecule has 8 heteroatoms. The van der Waals surface area contributed by atoms with Crippen molar-refractivity contribution < 1.29 is 0 Å². The second-order valence-corrected chi connectivity index (χ2v) is 8.48. The zero-order chi connectivity index (χ0) is 25.2. The number of hydrogen-bond acceptors (Lipinski definition) is 7. The average Bonchev–Trinajstić information content (AvgIpc) is 2.89. The minimum Gasteiger partial charge on any atom is -0.368 e. The van der Waals surface area contributed by atoms with E-state index in [1.165, 1.54) is 6.20 Å². The van der Waals surface area contributed by atoms with Crippen LogP contribution in [0.5, 0.6) is 0 Å². The van der Waals surface area contributed by atoms with E-state index in [0.29, 0.717) is 22.4 Å². The lowest BCUT2D eigenvalue weighted by atomic mass is 10.00. The van der Waals surface area contributed by atoms with Gasteiger partial charge in [-0.05, 0) is 43.2 Å². The predicted molar refractivity (Wildman–Crippen MR) is 141 cm³/mol. The summed E-state index contributed by atoms with van der Waals surface area (Å²) in [7, 11) is 0. The van der Waals surface area contributed by atoms with Crippen molar-refractivity contribution >= 4 is 22.7 Å². The number of nitrogens with two attached hydrogens (primary N) is 1. The Balaban J connectivity index is 1.74. The molecule has 2 heterocycles. The van der Waals surface area contributed by atoms with Gasteiger partial charge < -0.3 is 11.1 Å². The fraction of sp³-hybridized carbons (Fsp3) is 0.107. The number of fused-ring (bicyclic) bond motifs is 1. The Bertz CT molecular complexity index is 1670. The summed E-state index contributed by atoms with van der Waals surface area (Å²) < 4.78 is 1.61. The third-order valence-corrected chi connectivity index (χ3v) is 5.97. The molecule has 176 valence electrons. The van der Waals surface area contributed by atoms with Crippen LogP contribution in [0.15, 0.2) is 83.8 Å². The molecule has 1 unspecified atom stereocenters. The summed E-state index contributed by atoms with van der Waals surface area (Å²) in [5.74, 6) is 0.791. The first-order valence-electron chi connectivity index (χ1n) is 11.4. The first-order valence-corrected chi connectivity index (χ1v) is 11.4. The summed E-state index contributed by atoms with van der Waals surface area (Å²) in [4.78, 5) is 27.1. The number of aryl methyl sites for hydroxylation is 1. The molecule has 0 fully saturated rings. The molecular formula is C28H23N7O. The molecule has 3 aromatic carbocycles. The van der Waals surface area contributed by atoms with Crippen LogP contribution in [0.25, 0.3) is 27.7 Å². The van der Waals surface area contributed by atoms with E-state index in [1.54, 1.807) is 4.57 Å². The molecule has 5 aromatic rings. The van der Waals surface area contributed by atoms with Gasteiger partial charge in [-0.3, -0.25) is 9.36 Å². The number of benzene rings is 3. The Labute approximate surface area is 207 Å². The minimum absolute atomic E-state index is 0.0401. The highest BCUT2D eigenvalue weighted by Crippen LogP contribution is 2.28. The second kappa shape index (κ2) is 9.31. The van der Waals surface area contributed by atoms with Gasteiger partial charge in [0.05, 0.1) is 28.8 Å². The zero-order valence-electron chi connectivity index (χ0n) is 19.8. The number of aromatic nitrogens is 4. The van der Waals surface area contributed by atoms with Crippen molar-refractivity contribution in [1.82, 2.24) is 19.5 Å². The van der Waals surface area contributed by atoms with Crippen LogP contribution in [-0.4, -0.2) is 19.5 Å². The maximum Gasteiger partial charge on any atom is 0.266 e. The van der Waals surface area contributed by atoms with Crippen molar-refractivity contribution in [3.05, 3.63) is 106 Å². The zero-order valence-corrected chi connectivity index (χ0v) is 19.8. The topological polar surface area (TPSA) is 123 Å². The highest BCUT2D eigenvalue weighted by atomic mass is 16.1. The smallest absolute Gasteiger partial charge is 0.266 e. The molecule has 0 aliphatic carbocycles. The highest BCUT2D eigenvalue weighted by molar-refractivity contribution is 5.94. The first-order chi connectivity index (χ1) is 17.5. The van der Waals surface area contributed by atoms with Crippen LogP contribution in [0, 0.1) is 18.3 Å². The number of nitrogens with one attached hydrogen (secondary N) is 1. The number of rotatable bonds is 5. The monoisotopic (exact) mass is 473 g/mol. The van der Waals surface area contributed by atoms with E-state index >= 15 is 0 Å². The third kappa shape index (κ3) is 4.14. The van der Waals surface area contributed by atoms with E-state index in [2.05, 4.69) is 21.4 Å². The fourth-order valence-corrected chi connectivity index (χ4v) is 4.20. The molecule has 8 nitrogen and oxygen atoms in total. The summed E-state index contributed by atoms with van der Waals surface area (Å²) in [5, 5.41) is 13.2. The Morgan fingerprint density at radius 3 is 2.47 bits per heavy atom. The Morgan fingerprint density at radius 1 is 1.00 bits per heavy atom. The minimum atomic E-state index is -0.494. The van der Waals surface area contributed by atoms with Crippen molar-refractivity contribution in [2.45, 2.75) is 19.9 Å². The molecule has 5 rings (SSSR count). The largest absolute Gasteiger partial charge is 0.368 e. The predicted octanol–water partition coefficient (Wildman–Crippen LogP) is 4.78. The third-order valence-electron chi connectivity index (χ3n) is 5.97. The molecule has 0 amide bonds. The lowest BCUT2D eigenvalue weighted by Crippen LogP contribution is -2.28. The van der Waals surface area contributed by atoms with E-state index in [4.69, 9.17) is 10.7 Å². The summed E-state index contributed by atoms with van der Waals surface area (Å²) >= 11 is 0. The molecule has 3 N–H and O–H groups in total. The van der Waals surface area contributed by atoms with Gasteiger partial charge in [0.25, 0.3) is 5.56 Å². The molecule has 0 saturated heterocycles. The molecule has 0 bridgehead atoms. The van der Waals surface area contributed by atoms with Crippen LogP contribution in [0.3, 0.4) is 0 Å². The molecule has 0 aliphatic heterocycles. The van der Waals surface area contributed by atoms with Gasteiger partial charge >= 0.3 is 0 Å². The second-order valence-electron chi connectivity index (χ2n) is 8.48. The van der Waals surface area contributed by atoms with Gasteiger partial charge in [-0.15, -0.1) is 0 Å². The molecule has 0 aliphatic rings. The molecule has 0 spiro atoms. The van der Waals surface area contributed by atoms with Crippen LogP contribution in [0.2, 0.25) is 0 Å². The van der Waals surface area contributed by atoms with Crippen LogP contribution in [0.1, 0.15) is 29.9 Å². The lowest BCUT2D eigenvalue weighted by Gasteiger charge is -2.21. The van der Waals surface area contributed by atoms with Gasteiger partial charge in [-0.1, -0.05) is 60.2 Å². The SMILES string of the molecule is Cc1ccc(-c2cccc3nc(C(C)Nc4nc(N)ncc4C#N)n(-c4ccccc4)c(=O)c23)cc1. The van der Waals surface area contributed by atoms with Crippen molar-refractivity contribution in [3.63, 3.8) is 0 Å². The van der Waals surface area contributed by atoms with Gasteiger partial charge in [0, 0.05) is 0 Å². The molecule has 0 saturated carbocycles. The van der Waals surface area contributed by atoms with E-state index in [1.807, 2.05) is 86.6 Å². The number of nitrogen functional groups attached to an aromatic ring is 1. The fourth-order valence-electron chi connectivity index (χ4n) is 4.20. The maximum absolute atomic E-state index is 14.1. The number of para-hydroxylation sites is 1. The average molecular weight is 474 g/mol. The molecule has 1 atom stereocenters. The van der Waals surface area contributed by atoms with E-state index in [0.717, 1.165) is 16.7 Å². The Hall–Kier alpha value is -5.03. The number of nitriles is 1. The first kappa shape index (κ1) is 22.7. The molecule has 0 radical (unpaired) electrons. The number of hydrogen-bond donors (Lipinski definition) is 2.